The molecule has 4 nitrogen and oxygen atoms in total. The van der Waals surface area contributed by atoms with Crippen molar-refractivity contribution in [2.24, 2.45) is 0 Å². The SMILES string of the molecule is CCN(CCC(=O)Nc1ccccc1-c1ccccc1)C(C)c1ccc(C#N)cc1. The van der Waals surface area contributed by atoms with Gasteiger partial charge in [-0.1, -0.05) is 67.6 Å². The van der Waals surface area contributed by atoms with Crippen LogP contribution in [-0.2, 0) is 4.79 Å². The minimum atomic E-state index is 0.00357. The second-order valence-corrected chi connectivity index (χ2v) is 7.25. The molecule has 1 N–H and O–H groups in total. The maximum Gasteiger partial charge on any atom is 0.225 e. The number of carbonyl (C=O) groups excluding carboxylic acids is 1. The zero-order chi connectivity index (χ0) is 21.3. The standard InChI is InChI=1S/C26H27N3O/c1-3-29(20(2)22-15-13-21(19-27)14-16-22)18-17-26(30)28-25-12-8-7-11-24(25)23-9-5-4-6-10-23/h4-16,20H,3,17-18H2,1-2H3,(H,28,30). The summed E-state index contributed by atoms with van der Waals surface area (Å²) >= 11 is 0. The highest BCUT2D eigenvalue weighted by Gasteiger charge is 2.16. The lowest BCUT2D eigenvalue weighted by molar-refractivity contribution is -0.116. The molecule has 152 valence electrons. The van der Waals surface area contributed by atoms with E-state index in [1.807, 2.05) is 78.9 Å². The summed E-state index contributed by atoms with van der Waals surface area (Å²) in [6.45, 7) is 5.74. The van der Waals surface area contributed by atoms with Crippen molar-refractivity contribution in [2.75, 3.05) is 18.4 Å². The predicted molar refractivity (Wildman–Crippen MR) is 122 cm³/mol. The Morgan fingerprint density at radius 2 is 1.67 bits per heavy atom. The van der Waals surface area contributed by atoms with E-state index >= 15 is 0 Å². The van der Waals surface area contributed by atoms with Gasteiger partial charge in [0, 0.05) is 30.3 Å². The lowest BCUT2D eigenvalue weighted by Gasteiger charge is -2.28. The van der Waals surface area contributed by atoms with E-state index in [0.717, 1.165) is 28.9 Å². The molecular weight excluding hydrogens is 370 g/mol. The fraction of sp³-hybridized carbons (Fsp3) is 0.231. The van der Waals surface area contributed by atoms with Crippen LogP contribution in [0, 0.1) is 11.3 Å². The van der Waals surface area contributed by atoms with Gasteiger partial charge in [-0.3, -0.25) is 9.69 Å². The summed E-state index contributed by atoms with van der Waals surface area (Å²) in [6.07, 6.45) is 0.414. The van der Waals surface area contributed by atoms with Crippen molar-refractivity contribution in [2.45, 2.75) is 26.3 Å². The van der Waals surface area contributed by atoms with Crippen molar-refractivity contribution in [1.82, 2.24) is 4.90 Å². The van der Waals surface area contributed by atoms with E-state index in [1.54, 1.807) is 0 Å². The summed E-state index contributed by atoms with van der Waals surface area (Å²) < 4.78 is 0. The first-order valence-corrected chi connectivity index (χ1v) is 10.3. The van der Waals surface area contributed by atoms with E-state index in [0.29, 0.717) is 18.5 Å². The van der Waals surface area contributed by atoms with Crippen molar-refractivity contribution >= 4 is 11.6 Å². The molecule has 4 heteroatoms. The summed E-state index contributed by atoms with van der Waals surface area (Å²) in [5.74, 6) is 0.00357. The van der Waals surface area contributed by atoms with Crippen LogP contribution in [0.25, 0.3) is 11.1 Å². The van der Waals surface area contributed by atoms with Gasteiger partial charge in [0.25, 0.3) is 0 Å². The van der Waals surface area contributed by atoms with Gasteiger partial charge in [-0.25, -0.2) is 0 Å². The molecule has 0 aromatic heterocycles. The van der Waals surface area contributed by atoms with Crippen molar-refractivity contribution in [1.29, 1.82) is 5.26 Å². The molecule has 30 heavy (non-hydrogen) atoms. The van der Waals surface area contributed by atoms with Crippen LogP contribution in [0.3, 0.4) is 0 Å². The molecule has 1 unspecified atom stereocenters. The van der Waals surface area contributed by atoms with Crippen LogP contribution in [0.4, 0.5) is 5.69 Å². The number of nitrogens with one attached hydrogen (secondary N) is 1. The fourth-order valence-electron chi connectivity index (χ4n) is 3.59. The van der Waals surface area contributed by atoms with Crippen molar-refractivity contribution in [3.63, 3.8) is 0 Å². The Balaban J connectivity index is 1.63. The third-order valence-corrected chi connectivity index (χ3v) is 5.39. The van der Waals surface area contributed by atoms with Crippen LogP contribution < -0.4 is 5.32 Å². The molecule has 0 saturated heterocycles. The molecule has 0 aliphatic rings. The Morgan fingerprint density at radius 3 is 2.33 bits per heavy atom. The highest BCUT2D eigenvalue weighted by atomic mass is 16.1. The largest absolute Gasteiger partial charge is 0.325 e. The van der Waals surface area contributed by atoms with E-state index in [4.69, 9.17) is 5.26 Å². The topological polar surface area (TPSA) is 56.1 Å². The first-order valence-electron chi connectivity index (χ1n) is 10.3. The summed E-state index contributed by atoms with van der Waals surface area (Å²) in [5.41, 5.74) is 4.73. The predicted octanol–water partition coefficient (Wildman–Crippen LogP) is 5.64. The van der Waals surface area contributed by atoms with Gasteiger partial charge in [-0.05, 0) is 42.8 Å². The fourth-order valence-corrected chi connectivity index (χ4v) is 3.59. The van der Waals surface area contributed by atoms with Gasteiger partial charge in [-0.15, -0.1) is 0 Å². The number of amides is 1. The monoisotopic (exact) mass is 397 g/mol. The van der Waals surface area contributed by atoms with Crippen LogP contribution in [0.2, 0.25) is 0 Å². The molecule has 0 radical (unpaired) electrons. The highest BCUT2D eigenvalue weighted by Crippen LogP contribution is 2.28. The van der Waals surface area contributed by atoms with Gasteiger partial charge in [0.05, 0.1) is 11.6 Å². The zero-order valence-corrected chi connectivity index (χ0v) is 17.5. The zero-order valence-electron chi connectivity index (χ0n) is 17.5. The van der Waals surface area contributed by atoms with Crippen molar-refractivity contribution < 1.29 is 4.79 Å². The maximum absolute atomic E-state index is 12.7. The minimum absolute atomic E-state index is 0.00357. The lowest BCUT2D eigenvalue weighted by atomic mass is 10.0. The number of nitrogens with zero attached hydrogens (tertiary/aromatic N) is 2. The molecule has 1 atom stereocenters. The van der Waals surface area contributed by atoms with Crippen LogP contribution >= 0.6 is 0 Å². The minimum Gasteiger partial charge on any atom is -0.325 e. The summed E-state index contributed by atoms with van der Waals surface area (Å²) in [6, 6.07) is 27.9. The molecule has 0 heterocycles. The molecule has 0 aliphatic carbocycles. The first-order chi connectivity index (χ1) is 14.6. The van der Waals surface area contributed by atoms with E-state index in [2.05, 4.69) is 30.1 Å². The molecule has 0 fully saturated rings. The lowest BCUT2D eigenvalue weighted by Crippen LogP contribution is -2.30. The molecule has 0 bridgehead atoms. The smallest absolute Gasteiger partial charge is 0.225 e. The number of para-hydroxylation sites is 1. The van der Waals surface area contributed by atoms with Gasteiger partial charge in [0.2, 0.25) is 5.91 Å². The first kappa shape index (κ1) is 21.3. The Morgan fingerprint density at radius 1 is 1.00 bits per heavy atom. The van der Waals surface area contributed by atoms with E-state index < -0.39 is 0 Å². The van der Waals surface area contributed by atoms with Gasteiger partial charge < -0.3 is 5.32 Å². The number of carbonyl (C=O) groups is 1. The molecule has 0 saturated carbocycles. The maximum atomic E-state index is 12.7. The van der Waals surface area contributed by atoms with Gasteiger partial charge in [0.15, 0.2) is 0 Å². The normalized spacial score (nSPS) is 11.7. The molecule has 1 amide bonds. The van der Waals surface area contributed by atoms with Crippen molar-refractivity contribution in [3.8, 4) is 17.2 Å². The third kappa shape index (κ3) is 5.34. The Labute approximate surface area is 178 Å². The number of hydrogen-bond acceptors (Lipinski definition) is 3. The summed E-state index contributed by atoms with van der Waals surface area (Å²) in [4.78, 5) is 15.0. The molecule has 3 rings (SSSR count). The molecule has 3 aromatic rings. The Hall–Kier alpha value is -3.42. The average molecular weight is 398 g/mol. The Kier molecular flexibility index (Phi) is 7.37. The molecule has 3 aromatic carbocycles. The van der Waals surface area contributed by atoms with E-state index in [-0.39, 0.29) is 11.9 Å². The van der Waals surface area contributed by atoms with Gasteiger partial charge in [-0.2, -0.15) is 5.26 Å². The number of benzene rings is 3. The second kappa shape index (κ2) is 10.4. The molecular formula is C26H27N3O. The van der Waals surface area contributed by atoms with Gasteiger partial charge in [0.1, 0.15) is 0 Å². The van der Waals surface area contributed by atoms with Crippen LogP contribution in [0.1, 0.15) is 37.4 Å². The highest BCUT2D eigenvalue weighted by molar-refractivity contribution is 5.95. The average Bonchev–Trinajstić information content (AvgIpc) is 2.80. The number of rotatable bonds is 8. The van der Waals surface area contributed by atoms with Crippen LogP contribution in [0.15, 0.2) is 78.9 Å². The summed E-state index contributed by atoms with van der Waals surface area (Å²) in [7, 11) is 0. The van der Waals surface area contributed by atoms with Crippen molar-refractivity contribution in [3.05, 3.63) is 90.0 Å². The molecule has 0 aliphatic heterocycles. The number of anilines is 1. The third-order valence-electron chi connectivity index (χ3n) is 5.39. The van der Waals surface area contributed by atoms with Crippen LogP contribution in [-0.4, -0.2) is 23.9 Å². The van der Waals surface area contributed by atoms with Crippen LogP contribution in [0.5, 0.6) is 0 Å². The quantitative estimate of drug-likeness (QED) is 0.535. The molecule has 0 spiro atoms. The van der Waals surface area contributed by atoms with E-state index in [1.165, 1.54) is 0 Å². The van der Waals surface area contributed by atoms with E-state index in [9.17, 15) is 4.79 Å². The second-order valence-electron chi connectivity index (χ2n) is 7.25. The number of nitriles is 1. The Bertz CT molecular complexity index is 1010. The number of hydrogen-bond donors (Lipinski definition) is 1. The van der Waals surface area contributed by atoms with Gasteiger partial charge >= 0.3 is 0 Å². The summed E-state index contributed by atoms with van der Waals surface area (Å²) in [5, 5.41) is 12.1.